The van der Waals surface area contributed by atoms with E-state index in [1.165, 1.54) is 4.90 Å². The second-order valence-electron chi connectivity index (χ2n) is 12.0. The minimum atomic E-state index is -1.91. The van der Waals surface area contributed by atoms with Gasteiger partial charge >= 0.3 is 19.1 Å². The number of aliphatic hydroxyl groups excluding tert-OH is 5. The Morgan fingerprint density at radius 3 is 2.21 bits per heavy atom. The summed E-state index contributed by atoms with van der Waals surface area (Å²) in [4.78, 5) is 27.6. The van der Waals surface area contributed by atoms with Crippen LogP contribution in [-0.4, -0.2) is 125 Å². The van der Waals surface area contributed by atoms with Crippen LogP contribution >= 0.6 is 0 Å². The highest BCUT2D eigenvalue weighted by atomic mass is 16.6. The van der Waals surface area contributed by atoms with Crippen LogP contribution in [0.4, 0.5) is 4.79 Å². The van der Waals surface area contributed by atoms with E-state index >= 15 is 0 Å². The number of esters is 1. The molecule has 0 saturated carbocycles. The number of benzene rings is 2. The van der Waals surface area contributed by atoms with Gasteiger partial charge in [-0.25, -0.2) is 9.59 Å². The number of nitrogens with two attached hydrogens (primary N) is 1. The third-order valence-electron chi connectivity index (χ3n) is 7.57. The Bertz CT molecular complexity index is 1200. The average Bonchev–Trinajstić information content (AvgIpc) is 3.08. The number of amides is 2. The molecule has 0 aliphatic carbocycles. The van der Waals surface area contributed by atoms with Crippen molar-refractivity contribution in [3.8, 4) is 5.75 Å². The molecule has 260 valence electrons. The van der Waals surface area contributed by atoms with Crippen molar-refractivity contribution in [2.75, 3.05) is 39.5 Å². The molecule has 1 aliphatic rings. The van der Waals surface area contributed by atoms with E-state index in [2.05, 4.69) is 19.2 Å². The summed E-state index contributed by atoms with van der Waals surface area (Å²) >= 11 is 0. The Morgan fingerprint density at radius 2 is 1.60 bits per heavy atom. The topological polar surface area (TPSA) is 213 Å². The van der Waals surface area contributed by atoms with Gasteiger partial charge in [0.25, 0.3) is 0 Å². The highest BCUT2D eigenvalue weighted by Gasteiger charge is 2.33. The Labute approximate surface area is 275 Å². The Balaban J connectivity index is 1.69. The molecule has 14 nitrogen and oxygen atoms in total. The molecule has 2 aromatic carbocycles. The molecule has 0 aromatic heterocycles. The normalized spacial score (nSPS) is 17.3. The first kappa shape index (κ1) is 38.2. The molecule has 0 radical (unpaired) electrons. The zero-order valence-corrected chi connectivity index (χ0v) is 26.9. The van der Waals surface area contributed by atoms with Crippen LogP contribution in [0.25, 0.3) is 0 Å². The monoisotopic (exact) mass is 661 g/mol. The Morgan fingerprint density at radius 1 is 0.957 bits per heavy atom. The second kappa shape index (κ2) is 19.5. The molecule has 3 rings (SSSR count). The lowest BCUT2D eigenvalue weighted by molar-refractivity contribution is -0.158. The van der Waals surface area contributed by atoms with Crippen molar-refractivity contribution in [3.05, 3.63) is 65.7 Å². The summed E-state index contributed by atoms with van der Waals surface area (Å²) in [7, 11) is -0.724. The van der Waals surface area contributed by atoms with Crippen molar-refractivity contribution in [1.29, 1.82) is 0 Å². The minimum Gasteiger partial charge on any atom is -0.535 e. The quantitative estimate of drug-likeness (QED) is 0.0805. The first-order valence-corrected chi connectivity index (χ1v) is 15.8. The molecule has 1 heterocycles. The molecule has 0 unspecified atom stereocenters. The van der Waals surface area contributed by atoms with Gasteiger partial charge < -0.3 is 60.3 Å². The van der Waals surface area contributed by atoms with Gasteiger partial charge in [-0.2, -0.15) is 0 Å². The van der Waals surface area contributed by atoms with Crippen LogP contribution in [0.15, 0.2) is 54.6 Å². The highest BCUT2D eigenvalue weighted by molar-refractivity contribution is 6.47. The maximum absolute atomic E-state index is 13.1. The number of aliphatic hydroxyl groups is 5. The molecule has 1 aliphatic heterocycles. The Hall–Kier alpha value is -3.28. The number of urea groups is 1. The number of hydrogen-bond donors (Lipinski definition) is 7. The van der Waals surface area contributed by atoms with Crippen molar-refractivity contribution < 1.29 is 53.9 Å². The fourth-order valence-electron chi connectivity index (χ4n) is 4.86. The number of hydrogen-bond acceptors (Lipinski definition) is 12. The number of nitrogens with zero attached hydrogens (tertiary/aromatic N) is 1. The summed E-state index contributed by atoms with van der Waals surface area (Å²) in [6, 6.07) is 14.8. The standard InChI is InChI=1S/C32H48BN3O11/c1-21(2)16-28(34)33(46-19-23-6-4-3-5-7-23)47-24-10-8-22(9-11-24)17-25(35-32(43)36-12-14-44-15-13-36)31(42)45-20-27(39)30(41)29(40)26(38)18-37/h3-11,21,25-30,37-41H,12-20,34H2,1-2H3,(H,35,43)/t25-,26+,27+,28-,29+,30+/m0/s1. The largest absolute Gasteiger partial charge is 0.543 e. The fourth-order valence-corrected chi connectivity index (χ4v) is 4.86. The second-order valence-corrected chi connectivity index (χ2v) is 12.0. The van der Waals surface area contributed by atoms with Crippen molar-refractivity contribution >= 4 is 19.1 Å². The molecule has 15 heteroatoms. The minimum absolute atomic E-state index is 0.0144. The first-order chi connectivity index (χ1) is 22.5. The molecule has 0 spiro atoms. The first-order valence-electron chi connectivity index (χ1n) is 15.8. The number of carbonyl (C=O) groups is 2. The number of rotatable bonds is 18. The van der Waals surface area contributed by atoms with E-state index in [1.54, 1.807) is 24.3 Å². The summed E-state index contributed by atoms with van der Waals surface area (Å²) in [6.07, 6.45) is -6.58. The predicted octanol–water partition coefficient (Wildman–Crippen LogP) is -0.385. The van der Waals surface area contributed by atoms with Gasteiger partial charge in [-0.15, -0.1) is 0 Å². The summed E-state index contributed by atoms with van der Waals surface area (Å²) in [5, 5.41) is 51.3. The number of carbonyl (C=O) groups excluding carboxylic acids is 2. The number of morpholine rings is 1. The maximum atomic E-state index is 13.1. The van der Waals surface area contributed by atoms with Gasteiger partial charge in [0.15, 0.2) is 0 Å². The van der Waals surface area contributed by atoms with Crippen molar-refractivity contribution in [2.45, 2.75) is 69.7 Å². The van der Waals surface area contributed by atoms with Crippen molar-refractivity contribution in [2.24, 2.45) is 11.7 Å². The predicted molar refractivity (Wildman–Crippen MR) is 172 cm³/mol. The number of ether oxygens (including phenoxy) is 2. The van der Waals surface area contributed by atoms with E-state index in [-0.39, 0.29) is 6.42 Å². The van der Waals surface area contributed by atoms with Gasteiger partial charge in [0.1, 0.15) is 42.8 Å². The van der Waals surface area contributed by atoms with Gasteiger partial charge in [0.2, 0.25) is 0 Å². The molecular weight excluding hydrogens is 613 g/mol. The lowest BCUT2D eigenvalue weighted by Crippen LogP contribution is -2.53. The molecule has 1 saturated heterocycles. The lowest BCUT2D eigenvalue weighted by atomic mass is 9.74. The zero-order valence-electron chi connectivity index (χ0n) is 26.9. The van der Waals surface area contributed by atoms with E-state index in [9.17, 15) is 30.0 Å². The number of nitrogens with one attached hydrogen (secondary N) is 1. The van der Waals surface area contributed by atoms with Crippen LogP contribution in [0.2, 0.25) is 0 Å². The lowest BCUT2D eigenvalue weighted by Gasteiger charge is -2.29. The van der Waals surface area contributed by atoms with E-state index in [0.717, 1.165) is 5.56 Å². The van der Waals surface area contributed by atoms with Gasteiger partial charge in [-0.05, 0) is 35.6 Å². The summed E-state index contributed by atoms with van der Waals surface area (Å²) in [5.41, 5.74) is 8.08. The van der Waals surface area contributed by atoms with Crippen LogP contribution in [0.3, 0.4) is 0 Å². The zero-order chi connectivity index (χ0) is 34.3. The third-order valence-corrected chi connectivity index (χ3v) is 7.57. The molecule has 8 N–H and O–H groups in total. The smallest absolute Gasteiger partial charge is 0.535 e. The summed E-state index contributed by atoms with van der Waals surface area (Å²) in [5.74, 6) is -0.479. The molecule has 2 amide bonds. The van der Waals surface area contributed by atoms with Crippen LogP contribution in [-0.2, 0) is 32.0 Å². The van der Waals surface area contributed by atoms with Crippen LogP contribution in [0.1, 0.15) is 31.4 Å². The Kier molecular flexibility index (Phi) is 15.9. The van der Waals surface area contributed by atoms with Crippen molar-refractivity contribution in [1.82, 2.24) is 10.2 Å². The fraction of sp³-hybridized carbons (Fsp3) is 0.562. The average molecular weight is 662 g/mol. The van der Waals surface area contributed by atoms with E-state index in [4.69, 9.17) is 29.6 Å². The van der Waals surface area contributed by atoms with E-state index in [0.29, 0.717) is 56.6 Å². The van der Waals surface area contributed by atoms with Crippen LogP contribution in [0.5, 0.6) is 5.75 Å². The molecule has 47 heavy (non-hydrogen) atoms. The molecular formula is C32H48BN3O11. The van der Waals surface area contributed by atoms with Crippen LogP contribution < -0.4 is 15.7 Å². The van der Waals surface area contributed by atoms with Crippen LogP contribution in [0, 0.1) is 5.92 Å². The molecule has 1 fully saturated rings. The molecule has 6 atom stereocenters. The third kappa shape index (κ3) is 12.7. The van der Waals surface area contributed by atoms with Gasteiger partial charge in [-0.1, -0.05) is 56.3 Å². The van der Waals surface area contributed by atoms with Crippen molar-refractivity contribution in [3.63, 3.8) is 0 Å². The van der Waals surface area contributed by atoms with E-state index in [1.807, 2.05) is 30.3 Å². The van der Waals surface area contributed by atoms with Gasteiger partial charge in [0.05, 0.1) is 32.4 Å². The summed E-state index contributed by atoms with van der Waals surface area (Å²) in [6.45, 7) is 4.23. The highest BCUT2D eigenvalue weighted by Crippen LogP contribution is 2.19. The maximum Gasteiger partial charge on any atom is 0.543 e. The van der Waals surface area contributed by atoms with Gasteiger partial charge in [0, 0.05) is 19.5 Å². The van der Waals surface area contributed by atoms with Gasteiger partial charge in [-0.3, -0.25) is 0 Å². The SMILES string of the molecule is CC(C)C[C@H](N)B(OCc1ccccc1)Oc1ccc(C[C@H](NC(=O)N2CCOCC2)C(=O)OC[C@@H](O)[C@@H](O)[C@H](O)[C@H](O)CO)cc1. The molecule has 2 aromatic rings. The van der Waals surface area contributed by atoms with E-state index < -0.39 is 68.7 Å². The summed E-state index contributed by atoms with van der Waals surface area (Å²) < 4.78 is 22.7. The molecule has 0 bridgehead atoms.